The Labute approximate surface area is 242 Å². The first-order chi connectivity index (χ1) is 19.4. The van der Waals surface area contributed by atoms with Crippen molar-refractivity contribution in [1.29, 1.82) is 0 Å². The molecule has 0 saturated carbocycles. The molecule has 0 bridgehead atoms. The third-order valence-electron chi connectivity index (χ3n) is 8.47. The van der Waals surface area contributed by atoms with E-state index in [2.05, 4.69) is 34.6 Å². The number of rotatable bonds is 8. The SMILES string of the molecule is CCS[C@@H]1OC(CC)[C@@H](O[C@@H]2OC3COC(c4ccccc4)O[C@H]3[C@H](C)C2C)[C@H](C)C1OC(=O)c1ccccc1. The van der Waals surface area contributed by atoms with Gasteiger partial charge in [-0.05, 0) is 30.2 Å². The van der Waals surface area contributed by atoms with Gasteiger partial charge in [-0.3, -0.25) is 0 Å². The van der Waals surface area contributed by atoms with Gasteiger partial charge in [0.05, 0.1) is 30.5 Å². The van der Waals surface area contributed by atoms with E-state index in [9.17, 15) is 4.79 Å². The summed E-state index contributed by atoms with van der Waals surface area (Å²) in [4.78, 5) is 13.1. The maximum atomic E-state index is 13.1. The molecule has 3 fully saturated rings. The van der Waals surface area contributed by atoms with Crippen LogP contribution in [0.25, 0.3) is 0 Å². The first-order valence-electron chi connectivity index (χ1n) is 14.6. The zero-order valence-electron chi connectivity index (χ0n) is 24.0. The lowest BCUT2D eigenvalue weighted by Crippen LogP contribution is -2.59. The predicted molar refractivity (Wildman–Crippen MR) is 154 cm³/mol. The van der Waals surface area contributed by atoms with Gasteiger partial charge in [-0.25, -0.2) is 4.79 Å². The second-order valence-corrected chi connectivity index (χ2v) is 12.4. The fraction of sp³-hybridized carbons (Fsp3) is 0.594. The van der Waals surface area contributed by atoms with Gasteiger partial charge in [0.1, 0.15) is 17.6 Å². The van der Waals surface area contributed by atoms with Gasteiger partial charge in [-0.1, -0.05) is 83.1 Å². The van der Waals surface area contributed by atoms with Gasteiger partial charge in [0, 0.05) is 17.4 Å². The van der Waals surface area contributed by atoms with Gasteiger partial charge >= 0.3 is 5.97 Å². The van der Waals surface area contributed by atoms with Crippen LogP contribution in [0.3, 0.4) is 0 Å². The van der Waals surface area contributed by atoms with Crippen LogP contribution in [0, 0.1) is 17.8 Å². The number of benzene rings is 2. The lowest BCUT2D eigenvalue weighted by atomic mass is 9.83. The number of carbonyl (C=O) groups is 1. The minimum Gasteiger partial charge on any atom is -0.455 e. The van der Waals surface area contributed by atoms with Crippen LogP contribution in [-0.2, 0) is 28.4 Å². The number of hydrogen-bond acceptors (Lipinski definition) is 8. The van der Waals surface area contributed by atoms with Crippen molar-refractivity contribution in [3.05, 3.63) is 71.8 Å². The van der Waals surface area contributed by atoms with Gasteiger partial charge < -0.3 is 28.4 Å². The lowest BCUT2D eigenvalue weighted by Gasteiger charge is -2.51. The molecule has 3 heterocycles. The molecule has 0 N–H and O–H groups in total. The summed E-state index contributed by atoms with van der Waals surface area (Å²) in [6, 6.07) is 19.1. The zero-order chi connectivity index (χ0) is 28.2. The molecule has 218 valence electrons. The van der Waals surface area contributed by atoms with Crippen molar-refractivity contribution in [3.63, 3.8) is 0 Å². The molecule has 0 spiro atoms. The average Bonchev–Trinajstić information content (AvgIpc) is 2.99. The van der Waals surface area contributed by atoms with E-state index in [-0.39, 0.29) is 53.6 Å². The van der Waals surface area contributed by atoms with Crippen molar-refractivity contribution in [2.24, 2.45) is 17.8 Å². The van der Waals surface area contributed by atoms with Gasteiger partial charge in [-0.2, -0.15) is 0 Å². The number of fused-ring (bicyclic) bond motifs is 1. The second kappa shape index (κ2) is 13.4. The van der Waals surface area contributed by atoms with Crippen molar-refractivity contribution in [2.45, 2.75) is 89.6 Å². The summed E-state index contributed by atoms with van der Waals surface area (Å²) in [6.45, 7) is 11.1. The molecule has 0 amide bonds. The molecule has 3 saturated heterocycles. The molecule has 8 heteroatoms. The summed E-state index contributed by atoms with van der Waals surface area (Å²) in [6.07, 6.45) is -1.30. The highest BCUT2D eigenvalue weighted by Crippen LogP contribution is 2.43. The van der Waals surface area contributed by atoms with Crippen LogP contribution >= 0.6 is 11.8 Å². The highest BCUT2D eigenvalue weighted by atomic mass is 32.2. The molecule has 7 nitrogen and oxygen atoms in total. The van der Waals surface area contributed by atoms with Crippen molar-refractivity contribution in [2.75, 3.05) is 12.4 Å². The predicted octanol–water partition coefficient (Wildman–Crippen LogP) is 6.23. The number of ether oxygens (including phenoxy) is 6. The highest BCUT2D eigenvalue weighted by molar-refractivity contribution is 7.99. The van der Waals surface area contributed by atoms with Crippen LogP contribution in [-0.4, -0.2) is 60.6 Å². The third-order valence-corrected chi connectivity index (χ3v) is 9.51. The first-order valence-corrected chi connectivity index (χ1v) is 15.6. The summed E-state index contributed by atoms with van der Waals surface area (Å²) in [7, 11) is 0. The van der Waals surface area contributed by atoms with Gasteiger partial charge in [-0.15, -0.1) is 11.8 Å². The topological polar surface area (TPSA) is 72.5 Å². The molecular weight excluding hydrogens is 528 g/mol. The molecule has 0 aromatic heterocycles. The summed E-state index contributed by atoms with van der Waals surface area (Å²) < 4.78 is 38.4. The molecule has 11 atom stereocenters. The van der Waals surface area contributed by atoms with E-state index in [1.807, 2.05) is 48.5 Å². The van der Waals surface area contributed by atoms with E-state index in [0.717, 1.165) is 17.7 Å². The van der Waals surface area contributed by atoms with Crippen molar-refractivity contribution in [1.82, 2.24) is 0 Å². The minimum absolute atomic E-state index is 0.0774. The number of thioether (sulfide) groups is 1. The molecule has 5 unspecified atom stereocenters. The molecule has 2 aromatic carbocycles. The molecule has 0 aliphatic carbocycles. The van der Waals surface area contributed by atoms with Crippen LogP contribution in [0.15, 0.2) is 60.7 Å². The summed E-state index contributed by atoms with van der Waals surface area (Å²) in [5.74, 6) is 0.675. The molecule has 5 rings (SSSR count). The summed E-state index contributed by atoms with van der Waals surface area (Å²) >= 11 is 1.66. The fourth-order valence-electron chi connectivity index (χ4n) is 5.93. The highest BCUT2D eigenvalue weighted by Gasteiger charge is 2.51. The number of hydrogen-bond donors (Lipinski definition) is 0. The largest absolute Gasteiger partial charge is 0.455 e. The van der Waals surface area contributed by atoms with Crippen molar-refractivity contribution in [3.8, 4) is 0 Å². The van der Waals surface area contributed by atoms with Crippen LogP contribution in [0.2, 0.25) is 0 Å². The number of esters is 1. The Morgan fingerprint density at radius 2 is 1.57 bits per heavy atom. The molecule has 0 radical (unpaired) electrons. The standard InChI is InChI=1S/C32H42O7S/c1-6-24-27(21(5)28(32(36-24)40-7-2)37-29(33)22-14-10-8-11-15-22)38-30-20(4)19(3)26-25(35-30)18-34-31(39-26)23-16-12-9-13-17-23/h8-17,19-21,24-28,30-32H,6-7,18H2,1-5H3/t19-,20?,21+,24?,25?,26+,27+,28?,30+,31?,32+/m1/s1. The Morgan fingerprint density at radius 3 is 2.25 bits per heavy atom. The Balaban J connectivity index is 1.29. The molecular formula is C32H42O7S. The minimum atomic E-state index is -0.456. The summed E-state index contributed by atoms with van der Waals surface area (Å²) in [5, 5.41) is 0. The molecule has 3 aliphatic rings. The molecule has 2 aromatic rings. The van der Waals surface area contributed by atoms with E-state index in [0.29, 0.717) is 12.2 Å². The number of carbonyl (C=O) groups excluding carboxylic acids is 1. The summed E-state index contributed by atoms with van der Waals surface area (Å²) in [5.41, 5.74) is 1.27. The quantitative estimate of drug-likeness (QED) is 0.346. The van der Waals surface area contributed by atoms with E-state index in [4.69, 9.17) is 28.4 Å². The van der Waals surface area contributed by atoms with Crippen LogP contribution < -0.4 is 0 Å². The Bertz CT molecular complexity index is 1080. The normalized spacial score (nSPS) is 37.9. The first kappa shape index (κ1) is 29.5. The van der Waals surface area contributed by atoms with Crippen LogP contribution in [0.4, 0.5) is 0 Å². The third kappa shape index (κ3) is 6.27. The Kier molecular flexibility index (Phi) is 9.87. The second-order valence-electron chi connectivity index (χ2n) is 11.0. The van der Waals surface area contributed by atoms with Crippen LogP contribution in [0.5, 0.6) is 0 Å². The maximum absolute atomic E-state index is 13.1. The average molecular weight is 571 g/mol. The molecule has 40 heavy (non-hydrogen) atoms. The molecule has 3 aliphatic heterocycles. The van der Waals surface area contributed by atoms with Crippen LogP contribution in [0.1, 0.15) is 63.3 Å². The Morgan fingerprint density at radius 1 is 0.875 bits per heavy atom. The van der Waals surface area contributed by atoms with Crippen molar-refractivity contribution < 1.29 is 33.2 Å². The monoisotopic (exact) mass is 570 g/mol. The van der Waals surface area contributed by atoms with E-state index < -0.39 is 18.7 Å². The van der Waals surface area contributed by atoms with Gasteiger partial charge in [0.15, 0.2) is 12.6 Å². The Hall–Kier alpha value is -1.94. The lowest BCUT2D eigenvalue weighted by molar-refractivity contribution is -0.358. The fourth-order valence-corrected chi connectivity index (χ4v) is 6.98. The maximum Gasteiger partial charge on any atom is 0.338 e. The van der Waals surface area contributed by atoms with Gasteiger partial charge in [0.25, 0.3) is 0 Å². The van der Waals surface area contributed by atoms with Crippen molar-refractivity contribution >= 4 is 17.7 Å². The zero-order valence-corrected chi connectivity index (χ0v) is 24.8. The smallest absolute Gasteiger partial charge is 0.338 e. The van der Waals surface area contributed by atoms with E-state index >= 15 is 0 Å². The van der Waals surface area contributed by atoms with E-state index in [1.54, 1.807) is 23.9 Å². The van der Waals surface area contributed by atoms with E-state index in [1.165, 1.54) is 0 Å². The van der Waals surface area contributed by atoms with Gasteiger partial charge in [0.2, 0.25) is 0 Å².